The Bertz CT molecular complexity index is 1430. The molecule has 0 saturated carbocycles. The largest absolute Gasteiger partial charge is 0.466 e. The molecule has 0 bridgehead atoms. The summed E-state index contributed by atoms with van der Waals surface area (Å²) in [5, 5.41) is 10.1. The van der Waals surface area contributed by atoms with E-state index in [0.717, 1.165) is 5.56 Å². The Morgan fingerprint density at radius 1 is 1.00 bits per heavy atom. The van der Waals surface area contributed by atoms with E-state index >= 15 is 0 Å². The molecule has 198 valence electrons. The van der Waals surface area contributed by atoms with Gasteiger partial charge >= 0.3 is 11.9 Å². The Morgan fingerprint density at radius 2 is 1.61 bits per heavy atom. The summed E-state index contributed by atoms with van der Waals surface area (Å²) in [7, 11) is -0.584. The topological polar surface area (TPSA) is 143 Å². The van der Waals surface area contributed by atoms with Crippen molar-refractivity contribution >= 4 is 27.5 Å². The molecule has 1 unspecified atom stereocenters. The number of carbonyl (C=O) groups excluding carboxylic acids is 2. The normalized spacial score (nSPS) is 19.6. The van der Waals surface area contributed by atoms with E-state index in [4.69, 9.17) is 15.2 Å². The van der Waals surface area contributed by atoms with Crippen LogP contribution in [-0.4, -0.2) is 64.1 Å². The zero-order valence-electron chi connectivity index (χ0n) is 21.1. The second kappa shape index (κ2) is 11.1. The third-order valence-electron chi connectivity index (χ3n) is 6.65. The number of esters is 2. The van der Waals surface area contributed by atoms with E-state index < -0.39 is 27.7 Å². The molecule has 2 aromatic carbocycles. The Labute approximate surface area is 221 Å². The number of nitrogens with two attached hydrogens (primary N) is 1. The number of nitriles is 1. The van der Waals surface area contributed by atoms with Crippen LogP contribution in [0.3, 0.4) is 0 Å². The van der Waals surface area contributed by atoms with Crippen molar-refractivity contribution < 1.29 is 27.5 Å². The minimum Gasteiger partial charge on any atom is -0.466 e. The summed E-state index contributed by atoms with van der Waals surface area (Å²) in [5.41, 5.74) is 8.35. The van der Waals surface area contributed by atoms with Gasteiger partial charge in [0.1, 0.15) is 11.5 Å². The predicted molar refractivity (Wildman–Crippen MR) is 140 cm³/mol. The monoisotopic (exact) mass is 536 g/mol. The van der Waals surface area contributed by atoms with Gasteiger partial charge < -0.3 is 15.2 Å². The lowest BCUT2D eigenvalue weighted by Gasteiger charge is -2.36. The molecule has 11 heteroatoms. The zero-order valence-corrected chi connectivity index (χ0v) is 21.9. The predicted octanol–water partition coefficient (Wildman–Crippen LogP) is 1.81. The molecule has 0 aliphatic carbocycles. The first-order valence-electron chi connectivity index (χ1n) is 11.9. The van der Waals surface area contributed by atoms with Crippen molar-refractivity contribution in [3.05, 3.63) is 88.4 Å². The first-order chi connectivity index (χ1) is 18.2. The number of ether oxygens (including phenoxy) is 2. The van der Waals surface area contributed by atoms with E-state index in [9.17, 15) is 23.3 Å². The van der Waals surface area contributed by atoms with Crippen molar-refractivity contribution in [2.45, 2.75) is 12.5 Å². The van der Waals surface area contributed by atoms with Crippen LogP contribution in [0.4, 0.5) is 5.69 Å². The molecule has 2 aliphatic rings. The summed E-state index contributed by atoms with van der Waals surface area (Å²) in [6.45, 7) is 1.46. The van der Waals surface area contributed by atoms with Gasteiger partial charge in [0.15, 0.2) is 9.84 Å². The van der Waals surface area contributed by atoms with E-state index in [0.29, 0.717) is 30.9 Å². The fraction of sp³-hybridized carbons (Fsp3) is 0.296. The number of methoxy groups -OCH3 is 2. The molecule has 0 radical (unpaired) electrons. The molecule has 10 nitrogen and oxygen atoms in total. The van der Waals surface area contributed by atoms with Crippen molar-refractivity contribution in [3.63, 3.8) is 0 Å². The van der Waals surface area contributed by atoms with Crippen LogP contribution < -0.4 is 10.6 Å². The van der Waals surface area contributed by atoms with Gasteiger partial charge in [-0.15, -0.1) is 0 Å². The lowest BCUT2D eigenvalue weighted by molar-refractivity contribution is -0.139. The molecule has 4 rings (SSSR count). The average molecular weight is 537 g/mol. The van der Waals surface area contributed by atoms with Gasteiger partial charge in [0.25, 0.3) is 0 Å². The molecular weight excluding hydrogens is 508 g/mol. The van der Waals surface area contributed by atoms with Gasteiger partial charge in [-0.05, 0) is 23.3 Å². The summed E-state index contributed by atoms with van der Waals surface area (Å²) in [4.78, 5) is 29.6. The van der Waals surface area contributed by atoms with Gasteiger partial charge in [-0.3, -0.25) is 9.80 Å². The van der Waals surface area contributed by atoms with E-state index in [2.05, 4.69) is 11.0 Å². The highest BCUT2D eigenvalue weighted by molar-refractivity contribution is 7.91. The van der Waals surface area contributed by atoms with Crippen molar-refractivity contribution in [1.82, 2.24) is 4.90 Å². The fourth-order valence-corrected chi connectivity index (χ4v) is 5.98. The Kier molecular flexibility index (Phi) is 7.85. The van der Waals surface area contributed by atoms with E-state index in [-0.39, 0.29) is 34.2 Å². The van der Waals surface area contributed by atoms with Crippen LogP contribution in [0.1, 0.15) is 17.0 Å². The summed E-state index contributed by atoms with van der Waals surface area (Å²) in [6, 6.07) is 18.0. The second-order valence-electron chi connectivity index (χ2n) is 8.93. The van der Waals surface area contributed by atoms with Crippen LogP contribution >= 0.6 is 0 Å². The molecule has 2 aliphatic heterocycles. The maximum Gasteiger partial charge on any atom is 0.355 e. The maximum atomic E-state index is 13.1. The highest BCUT2D eigenvalue weighted by Gasteiger charge is 2.43. The number of hydrogen-bond acceptors (Lipinski definition) is 10. The van der Waals surface area contributed by atoms with E-state index in [1.54, 1.807) is 42.5 Å². The van der Waals surface area contributed by atoms with Crippen molar-refractivity contribution in [1.29, 1.82) is 5.26 Å². The smallest absolute Gasteiger partial charge is 0.355 e. The molecule has 1 fully saturated rings. The average Bonchev–Trinajstić information content (AvgIpc) is 2.93. The SMILES string of the molecule is COC(=O)C1=C(C(=O)OC)N(c2ccc(CN3CCS(=O)(=O)CC3)cc2)C(N)=C(C#N)C1c1ccccc1. The minimum absolute atomic E-state index is 0.0107. The van der Waals surface area contributed by atoms with Crippen LogP contribution in [0.15, 0.2) is 77.3 Å². The molecule has 2 N–H and O–H groups in total. The Morgan fingerprint density at radius 3 is 2.16 bits per heavy atom. The highest BCUT2D eigenvalue weighted by atomic mass is 32.2. The number of sulfone groups is 1. The number of carbonyl (C=O) groups is 2. The third-order valence-corrected chi connectivity index (χ3v) is 8.26. The van der Waals surface area contributed by atoms with Gasteiger partial charge in [0.2, 0.25) is 0 Å². The van der Waals surface area contributed by atoms with Gasteiger partial charge in [0.05, 0.1) is 48.9 Å². The Hall–Kier alpha value is -4.14. The van der Waals surface area contributed by atoms with E-state index in [1.165, 1.54) is 19.1 Å². The number of benzene rings is 2. The van der Waals surface area contributed by atoms with Crippen LogP contribution in [0.5, 0.6) is 0 Å². The van der Waals surface area contributed by atoms with E-state index in [1.807, 2.05) is 12.1 Å². The molecular formula is C27H28N4O6S. The summed E-state index contributed by atoms with van der Waals surface area (Å²) < 4.78 is 33.5. The molecule has 38 heavy (non-hydrogen) atoms. The first kappa shape index (κ1) is 26.9. The quantitative estimate of drug-likeness (QED) is 0.543. The molecule has 0 amide bonds. The molecule has 2 aromatic rings. The van der Waals surface area contributed by atoms with Crippen LogP contribution in [0.25, 0.3) is 0 Å². The third kappa shape index (κ3) is 5.27. The van der Waals surface area contributed by atoms with Gasteiger partial charge in [0, 0.05) is 25.3 Å². The van der Waals surface area contributed by atoms with Crippen molar-refractivity contribution in [2.24, 2.45) is 5.73 Å². The standard InChI is InChI=1S/C27H28N4O6S/c1-36-26(32)23-22(19-6-4-3-5-7-19)21(16-28)25(29)31(24(23)27(33)37-2)20-10-8-18(9-11-20)17-30-12-14-38(34,35)15-13-30/h3-11,22H,12-15,17,29H2,1-2H3. The van der Waals surface area contributed by atoms with Gasteiger partial charge in [-0.1, -0.05) is 42.5 Å². The maximum absolute atomic E-state index is 13.1. The molecule has 2 heterocycles. The Balaban J connectivity index is 1.78. The number of allylic oxidation sites excluding steroid dienone is 1. The minimum atomic E-state index is -2.98. The lowest BCUT2D eigenvalue weighted by atomic mass is 9.81. The lowest BCUT2D eigenvalue weighted by Crippen LogP contribution is -2.41. The number of anilines is 1. The first-order valence-corrected chi connectivity index (χ1v) is 13.7. The number of rotatable bonds is 6. The second-order valence-corrected chi connectivity index (χ2v) is 11.2. The number of nitrogens with zero attached hydrogens (tertiary/aromatic N) is 3. The van der Waals surface area contributed by atoms with Crippen molar-refractivity contribution in [2.75, 3.05) is 43.7 Å². The van der Waals surface area contributed by atoms with Crippen LogP contribution in [0.2, 0.25) is 0 Å². The fourth-order valence-electron chi connectivity index (χ4n) is 4.70. The molecule has 0 spiro atoms. The van der Waals surface area contributed by atoms with Crippen LogP contribution in [-0.2, 0) is 35.4 Å². The molecule has 1 saturated heterocycles. The van der Waals surface area contributed by atoms with Crippen molar-refractivity contribution in [3.8, 4) is 6.07 Å². The summed E-state index contributed by atoms with van der Waals surface area (Å²) >= 11 is 0. The molecule has 1 atom stereocenters. The number of hydrogen-bond donors (Lipinski definition) is 1. The zero-order chi connectivity index (χ0) is 27.4. The van der Waals surface area contributed by atoms with Gasteiger partial charge in [-0.2, -0.15) is 5.26 Å². The van der Waals surface area contributed by atoms with Crippen LogP contribution in [0, 0.1) is 11.3 Å². The van der Waals surface area contributed by atoms with Gasteiger partial charge in [-0.25, -0.2) is 18.0 Å². The highest BCUT2D eigenvalue weighted by Crippen LogP contribution is 2.43. The molecule has 0 aromatic heterocycles. The summed E-state index contributed by atoms with van der Waals surface area (Å²) in [6.07, 6.45) is 0. The summed E-state index contributed by atoms with van der Waals surface area (Å²) in [5.74, 6) is -2.30.